The first-order valence-corrected chi connectivity index (χ1v) is 6.37. The normalized spacial score (nSPS) is 12.4. The Morgan fingerprint density at radius 1 is 1.42 bits per heavy atom. The predicted octanol–water partition coefficient (Wildman–Crippen LogP) is 1.66. The molecule has 100 valence electrons. The summed E-state index contributed by atoms with van der Waals surface area (Å²) < 4.78 is 13.2. The van der Waals surface area contributed by atoms with Crippen LogP contribution in [0.3, 0.4) is 0 Å². The number of aromatic nitrogens is 2. The minimum absolute atomic E-state index is 0.135. The van der Waals surface area contributed by atoms with Crippen LogP contribution >= 0.6 is 11.8 Å². The quantitative estimate of drug-likeness (QED) is 0.743. The molecule has 5 N–H and O–H groups in total. The van der Waals surface area contributed by atoms with E-state index in [9.17, 15) is 9.18 Å². The van der Waals surface area contributed by atoms with Crippen LogP contribution in [0.4, 0.5) is 10.2 Å². The lowest BCUT2D eigenvalue weighted by Crippen LogP contribution is -2.10. The molecule has 0 unspecified atom stereocenters. The lowest BCUT2D eigenvalue weighted by Gasteiger charge is -2.11. The van der Waals surface area contributed by atoms with E-state index in [2.05, 4.69) is 9.97 Å². The summed E-state index contributed by atoms with van der Waals surface area (Å²) in [5.41, 5.74) is 11.6. The molecular weight excluding hydrogens is 267 g/mol. The predicted molar refractivity (Wildman–Crippen MR) is 72.4 cm³/mol. The zero-order chi connectivity index (χ0) is 14.0. The molecule has 1 aromatic heterocycles. The van der Waals surface area contributed by atoms with Gasteiger partial charge in [0.25, 0.3) is 5.56 Å². The van der Waals surface area contributed by atoms with Gasteiger partial charge in [-0.3, -0.25) is 4.79 Å². The molecule has 0 amide bonds. The van der Waals surface area contributed by atoms with Crippen molar-refractivity contribution in [1.29, 1.82) is 0 Å². The number of benzene rings is 1. The van der Waals surface area contributed by atoms with Gasteiger partial charge in [-0.2, -0.15) is 0 Å². The lowest BCUT2D eigenvalue weighted by atomic mass is 10.1. The number of aromatic amines is 1. The third-order valence-corrected chi connectivity index (χ3v) is 3.39. The van der Waals surface area contributed by atoms with Gasteiger partial charge in [0.1, 0.15) is 11.6 Å². The van der Waals surface area contributed by atoms with E-state index in [-0.39, 0.29) is 23.2 Å². The Labute approximate surface area is 113 Å². The second kappa shape index (κ2) is 5.41. The molecule has 7 heteroatoms. The van der Waals surface area contributed by atoms with Crippen molar-refractivity contribution < 1.29 is 4.39 Å². The van der Waals surface area contributed by atoms with Gasteiger partial charge in [-0.1, -0.05) is 11.8 Å². The summed E-state index contributed by atoms with van der Waals surface area (Å²) in [4.78, 5) is 18.6. The maximum absolute atomic E-state index is 13.2. The first kappa shape index (κ1) is 13.6. The smallest absolute Gasteiger partial charge is 0.253 e. The van der Waals surface area contributed by atoms with Gasteiger partial charge in [-0.25, -0.2) is 9.37 Å². The number of anilines is 1. The molecule has 1 atom stereocenters. The van der Waals surface area contributed by atoms with Crippen molar-refractivity contribution >= 4 is 17.6 Å². The van der Waals surface area contributed by atoms with Gasteiger partial charge in [0, 0.05) is 17.0 Å². The molecule has 0 radical (unpaired) electrons. The summed E-state index contributed by atoms with van der Waals surface area (Å²) in [5.74, 6) is -0.221. The van der Waals surface area contributed by atoms with Gasteiger partial charge in [-0.15, -0.1) is 0 Å². The van der Waals surface area contributed by atoms with Gasteiger partial charge in [0.05, 0.1) is 0 Å². The van der Waals surface area contributed by atoms with Crippen molar-refractivity contribution in [2.24, 2.45) is 5.73 Å². The van der Waals surface area contributed by atoms with Gasteiger partial charge in [0.15, 0.2) is 5.16 Å². The molecule has 0 saturated heterocycles. The number of rotatable bonds is 3. The highest BCUT2D eigenvalue weighted by Crippen LogP contribution is 2.31. The molecule has 5 nitrogen and oxygen atoms in total. The van der Waals surface area contributed by atoms with E-state index in [0.29, 0.717) is 10.7 Å². The van der Waals surface area contributed by atoms with E-state index in [4.69, 9.17) is 11.5 Å². The van der Waals surface area contributed by atoms with Crippen molar-refractivity contribution in [3.63, 3.8) is 0 Å². The SMILES string of the molecule is C[C@H](N)c1cc(F)ccc1Sc1nc(N)cc(=O)[nH]1. The zero-order valence-electron chi connectivity index (χ0n) is 10.2. The number of hydrogen-bond acceptors (Lipinski definition) is 5. The maximum Gasteiger partial charge on any atom is 0.253 e. The number of halogens is 1. The largest absolute Gasteiger partial charge is 0.383 e. The highest BCUT2D eigenvalue weighted by atomic mass is 32.2. The van der Waals surface area contributed by atoms with Crippen molar-refractivity contribution in [2.75, 3.05) is 5.73 Å². The Morgan fingerprint density at radius 3 is 2.79 bits per heavy atom. The molecule has 0 saturated carbocycles. The molecule has 0 aliphatic carbocycles. The molecule has 19 heavy (non-hydrogen) atoms. The second-order valence-electron chi connectivity index (χ2n) is 4.05. The van der Waals surface area contributed by atoms with Gasteiger partial charge in [-0.05, 0) is 30.7 Å². The first-order chi connectivity index (χ1) is 8.95. The molecule has 0 spiro atoms. The molecule has 2 rings (SSSR count). The van der Waals surface area contributed by atoms with E-state index in [1.807, 2.05) is 0 Å². The van der Waals surface area contributed by atoms with Crippen molar-refractivity contribution in [3.8, 4) is 0 Å². The number of nitrogens with one attached hydrogen (secondary N) is 1. The molecule has 1 heterocycles. The van der Waals surface area contributed by atoms with Crippen LogP contribution in [0.15, 0.2) is 39.1 Å². The van der Waals surface area contributed by atoms with Gasteiger partial charge in [0.2, 0.25) is 0 Å². The van der Waals surface area contributed by atoms with Crippen LogP contribution in [0.1, 0.15) is 18.5 Å². The van der Waals surface area contributed by atoms with E-state index < -0.39 is 0 Å². The van der Waals surface area contributed by atoms with Crippen LogP contribution in [0.5, 0.6) is 0 Å². The molecule has 1 aromatic carbocycles. The van der Waals surface area contributed by atoms with Crippen LogP contribution in [0, 0.1) is 5.82 Å². The molecule has 0 bridgehead atoms. The number of H-pyrrole nitrogens is 1. The minimum atomic E-state index is -0.356. The monoisotopic (exact) mass is 280 g/mol. The standard InChI is InChI=1S/C12H13FN4OS/c1-6(14)8-4-7(13)2-3-9(8)19-12-16-10(15)5-11(18)17-12/h2-6H,14H2,1H3,(H3,15,16,17,18)/t6-/m0/s1. The Balaban J connectivity index is 2.40. The molecule has 0 aliphatic rings. The van der Waals surface area contributed by atoms with E-state index in [1.165, 1.54) is 30.0 Å². The van der Waals surface area contributed by atoms with Crippen LogP contribution < -0.4 is 17.0 Å². The fourth-order valence-electron chi connectivity index (χ4n) is 1.57. The van der Waals surface area contributed by atoms with Gasteiger partial charge >= 0.3 is 0 Å². The number of hydrogen-bond donors (Lipinski definition) is 3. The maximum atomic E-state index is 13.2. The van der Waals surface area contributed by atoms with Crippen molar-refractivity contribution in [3.05, 3.63) is 46.0 Å². The second-order valence-corrected chi connectivity index (χ2v) is 5.08. The topological polar surface area (TPSA) is 97.8 Å². The first-order valence-electron chi connectivity index (χ1n) is 5.55. The highest BCUT2D eigenvalue weighted by Gasteiger charge is 2.11. The average Bonchev–Trinajstić information content (AvgIpc) is 2.30. The number of nitrogens with two attached hydrogens (primary N) is 2. The summed E-state index contributed by atoms with van der Waals surface area (Å²) in [5, 5.41) is 0.346. The molecule has 0 aliphatic heterocycles. The summed E-state index contributed by atoms with van der Waals surface area (Å²) in [6.45, 7) is 1.76. The summed E-state index contributed by atoms with van der Waals surface area (Å²) in [6, 6.07) is 5.17. The van der Waals surface area contributed by atoms with Crippen molar-refractivity contribution in [1.82, 2.24) is 9.97 Å². The zero-order valence-corrected chi connectivity index (χ0v) is 11.0. The van der Waals surface area contributed by atoms with Crippen LogP contribution in [-0.4, -0.2) is 9.97 Å². The highest BCUT2D eigenvalue weighted by molar-refractivity contribution is 7.99. The Kier molecular flexibility index (Phi) is 3.87. The minimum Gasteiger partial charge on any atom is -0.383 e. The summed E-state index contributed by atoms with van der Waals surface area (Å²) in [7, 11) is 0. The number of nitrogen functional groups attached to an aromatic ring is 1. The summed E-state index contributed by atoms with van der Waals surface area (Å²) in [6.07, 6.45) is 0. The van der Waals surface area contributed by atoms with Crippen LogP contribution in [0.2, 0.25) is 0 Å². The molecule has 0 fully saturated rings. The van der Waals surface area contributed by atoms with E-state index in [0.717, 1.165) is 4.90 Å². The summed E-state index contributed by atoms with van der Waals surface area (Å²) >= 11 is 1.19. The van der Waals surface area contributed by atoms with Crippen molar-refractivity contribution in [2.45, 2.75) is 23.0 Å². The lowest BCUT2D eigenvalue weighted by molar-refractivity contribution is 0.619. The van der Waals surface area contributed by atoms with Gasteiger partial charge < -0.3 is 16.5 Å². The Bertz CT molecular complexity index is 656. The van der Waals surface area contributed by atoms with E-state index >= 15 is 0 Å². The fraction of sp³-hybridized carbons (Fsp3) is 0.167. The van der Waals surface area contributed by atoms with Crippen LogP contribution in [0.25, 0.3) is 0 Å². The Hall–Kier alpha value is -1.86. The third-order valence-electron chi connectivity index (χ3n) is 2.41. The molecular formula is C12H13FN4OS. The fourth-order valence-corrected chi connectivity index (χ4v) is 2.58. The van der Waals surface area contributed by atoms with E-state index in [1.54, 1.807) is 13.0 Å². The molecule has 2 aromatic rings. The number of nitrogens with zero attached hydrogens (tertiary/aromatic N) is 1. The average molecular weight is 280 g/mol. The van der Waals surface area contributed by atoms with Crippen LogP contribution in [-0.2, 0) is 0 Å². The Morgan fingerprint density at radius 2 is 2.16 bits per heavy atom. The third kappa shape index (κ3) is 3.33.